The van der Waals surface area contributed by atoms with E-state index in [2.05, 4.69) is 6.92 Å². The van der Waals surface area contributed by atoms with Crippen molar-refractivity contribution in [2.24, 2.45) is 11.7 Å². The lowest BCUT2D eigenvalue weighted by molar-refractivity contribution is 0.0726. The molecule has 0 radical (unpaired) electrons. The number of hydrogen-bond acceptors (Lipinski definition) is 3. The summed E-state index contributed by atoms with van der Waals surface area (Å²) in [7, 11) is 0. The maximum Gasteiger partial charge on any atom is 0.254 e. The van der Waals surface area contributed by atoms with E-state index in [1.54, 1.807) is 18.2 Å². The molecule has 1 fully saturated rings. The van der Waals surface area contributed by atoms with E-state index in [1.807, 2.05) is 11.8 Å². The quantitative estimate of drug-likeness (QED) is 0.833. The minimum Gasteiger partial charge on any atom is -0.508 e. The van der Waals surface area contributed by atoms with Gasteiger partial charge in [0.1, 0.15) is 5.75 Å². The summed E-state index contributed by atoms with van der Waals surface area (Å²) in [6.45, 7) is 5.24. The highest BCUT2D eigenvalue weighted by atomic mass is 16.3. The van der Waals surface area contributed by atoms with Gasteiger partial charge in [-0.1, -0.05) is 6.92 Å². The Balaban J connectivity index is 2.26. The standard InChI is InChI=1S/C14H20N2O2/c1-9-5-6-16(13(9)8-15)14(18)12-4-3-11(17)7-10(12)2/h3-4,7,9,13,17H,5-6,8,15H2,1-2H3. The molecule has 1 aliphatic rings. The summed E-state index contributed by atoms with van der Waals surface area (Å²) in [6.07, 6.45) is 1.00. The fourth-order valence-corrected chi connectivity index (χ4v) is 2.66. The summed E-state index contributed by atoms with van der Waals surface area (Å²) >= 11 is 0. The first-order valence-corrected chi connectivity index (χ1v) is 6.35. The molecule has 1 saturated heterocycles. The number of nitrogens with two attached hydrogens (primary N) is 1. The van der Waals surface area contributed by atoms with E-state index in [1.165, 1.54) is 0 Å². The molecular formula is C14H20N2O2. The highest BCUT2D eigenvalue weighted by molar-refractivity contribution is 5.96. The number of phenolic OH excluding ortho intramolecular Hbond substituents is 1. The lowest BCUT2D eigenvalue weighted by Gasteiger charge is -2.26. The van der Waals surface area contributed by atoms with Crippen molar-refractivity contribution in [3.8, 4) is 5.75 Å². The largest absolute Gasteiger partial charge is 0.508 e. The normalized spacial score (nSPS) is 23.4. The Hall–Kier alpha value is -1.55. The number of rotatable bonds is 2. The van der Waals surface area contributed by atoms with Crippen molar-refractivity contribution in [2.75, 3.05) is 13.1 Å². The molecular weight excluding hydrogens is 228 g/mol. The summed E-state index contributed by atoms with van der Waals surface area (Å²) < 4.78 is 0. The average molecular weight is 248 g/mol. The summed E-state index contributed by atoms with van der Waals surface area (Å²) in [6, 6.07) is 4.98. The van der Waals surface area contributed by atoms with Crippen LogP contribution in [0.1, 0.15) is 29.3 Å². The number of nitrogens with zero attached hydrogens (tertiary/aromatic N) is 1. The number of likely N-dealkylation sites (tertiary alicyclic amines) is 1. The molecule has 1 aromatic rings. The van der Waals surface area contributed by atoms with E-state index in [9.17, 15) is 9.90 Å². The first-order chi connectivity index (χ1) is 8.54. The molecule has 1 aromatic carbocycles. The molecule has 0 saturated carbocycles. The van der Waals surface area contributed by atoms with Crippen molar-refractivity contribution < 1.29 is 9.90 Å². The highest BCUT2D eigenvalue weighted by Gasteiger charge is 2.34. The van der Waals surface area contributed by atoms with Gasteiger partial charge in [0.15, 0.2) is 0 Å². The summed E-state index contributed by atoms with van der Waals surface area (Å²) in [5.41, 5.74) is 7.21. The monoisotopic (exact) mass is 248 g/mol. The van der Waals surface area contributed by atoms with E-state index in [-0.39, 0.29) is 17.7 Å². The summed E-state index contributed by atoms with van der Waals surface area (Å²) in [5.74, 6) is 0.665. The Bertz CT molecular complexity index is 459. The third-order valence-electron chi connectivity index (χ3n) is 3.83. The molecule has 98 valence electrons. The number of aryl methyl sites for hydroxylation is 1. The number of amides is 1. The van der Waals surface area contributed by atoms with Crippen LogP contribution in [0, 0.1) is 12.8 Å². The van der Waals surface area contributed by atoms with Gasteiger partial charge < -0.3 is 15.7 Å². The molecule has 18 heavy (non-hydrogen) atoms. The molecule has 0 bridgehead atoms. The molecule has 1 aliphatic heterocycles. The van der Waals surface area contributed by atoms with Crippen molar-refractivity contribution in [2.45, 2.75) is 26.3 Å². The van der Waals surface area contributed by atoms with Gasteiger partial charge in [-0.15, -0.1) is 0 Å². The van der Waals surface area contributed by atoms with Crippen molar-refractivity contribution in [1.29, 1.82) is 0 Å². The van der Waals surface area contributed by atoms with Crippen molar-refractivity contribution >= 4 is 5.91 Å². The van der Waals surface area contributed by atoms with Crippen LogP contribution < -0.4 is 5.73 Å². The molecule has 2 unspecified atom stereocenters. The summed E-state index contributed by atoms with van der Waals surface area (Å²) in [5, 5.41) is 9.38. The van der Waals surface area contributed by atoms with Gasteiger partial charge in [0.25, 0.3) is 5.91 Å². The highest BCUT2D eigenvalue weighted by Crippen LogP contribution is 2.26. The topological polar surface area (TPSA) is 66.6 Å². The van der Waals surface area contributed by atoms with Crippen LogP contribution in [-0.4, -0.2) is 35.0 Å². The van der Waals surface area contributed by atoms with Crippen LogP contribution in [0.5, 0.6) is 5.75 Å². The lowest BCUT2D eigenvalue weighted by Crippen LogP contribution is -2.42. The van der Waals surface area contributed by atoms with Gasteiger partial charge in [-0.2, -0.15) is 0 Å². The zero-order valence-corrected chi connectivity index (χ0v) is 10.9. The molecule has 4 nitrogen and oxygen atoms in total. The van der Waals surface area contributed by atoms with Crippen molar-refractivity contribution in [3.63, 3.8) is 0 Å². The number of carbonyl (C=O) groups is 1. The summed E-state index contributed by atoms with van der Waals surface area (Å²) in [4.78, 5) is 14.3. The number of hydrogen-bond donors (Lipinski definition) is 2. The molecule has 0 spiro atoms. The molecule has 2 atom stereocenters. The Morgan fingerprint density at radius 1 is 1.56 bits per heavy atom. The first kappa shape index (κ1) is 12.9. The van der Waals surface area contributed by atoms with Gasteiger partial charge in [-0.25, -0.2) is 0 Å². The van der Waals surface area contributed by atoms with E-state index < -0.39 is 0 Å². The predicted octanol–water partition coefficient (Wildman–Crippen LogP) is 1.51. The fraction of sp³-hybridized carbons (Fsp3) is 0.500. The second-order valence-corrected chi connectivity index (χ2v) is 5.07. The Morgan fingerprint density at radius 3 is 2.89 bits per heavy atom. The minimum absolute atomic E-state index is 0.0206. The van der Waals surface area contributed by atoms with Crippen LogP contribution in [0.25, 0.3) is 0 Å². The van der Waals surface area contributed by atoms with Crippen molar-refractivity contribution in [1.82, 2.24) is 4.90 Å². The lowest BCUT2D eigenvalue weighted by atomic mass is 10.0. The molecule has 3 N–H and O–H groups in total. The molecule has 0 aromatic heterocycles. The van der Waals surface area contributed by atoms with Crippen LogP contribution in [0.3, 0.4) is 0 Å². The number of carbonyl (C=O) groups excluding carboxylic acids is 1. The van der Waals surface area contributed by atoms with Gasteiger partial charge in [0.05, 0.1) is 0 Å². The fourth-order valence-electron chi connectivity index (χ4n) is 2.66. The van der Waals surface area contributed by atoms with Crippen LogP contribution >= 0.6 is 0 Å². The Morgan fingerprint density at radius 2 is 2.28 bits per heavy atom. The van der Waals surface area contributed by atoms with Gasteiger partial charge in [0, 0.05) is 24.7 Å². The predicted molar refractivity (Wildman–Crippen MR) is 70.5 cm³/mol. The average Bonchev–Trinajstić information content (AvgIpc) is 2.69. The van der Waals surface area contributed by atoms with Gasteiger partial charge in [-0.05, 0) is 43.0 Å². The SMILES string of the molecule is Cc1cc(O)ccc1C(=O)N1CCC(C)C1CN. The van der Waals surface area contributed by atoms with Crippen molar-refractivity contribution in [3.05, 3.63) is 29.3 Å². The van der Waals surface area contributed by atoms with E-state index >= 15 is 0 Å². The van der Waals surface area contributed by atoms with E-state index in [0.29, 0.717) is 18.0 Å². The van der Waals surface area contributed by atoms with E-state index in [0.717, 1.165) is 18.5 Å². The third kappa shape index (κ3) is 2.20. The zero-order chi connectivity index (χ0) is 13.3. The van der Waals surface area contributed by atoms with Gasteiger partial charge in [0.2, 0.25) is 0 Å². The van der Waals surface area contributed by atoms with Gasteiger partial charge >= 0.3 is 0 Å². The second kappa shape index (κ2) is 4.98. The minimum atomic E-state index is 0.0206. The Labute approximate surface area is 107 Å². The Kier molecular flexibility index (Phi) is 3.57. The van der Waals surface area contributed by atoms with E-state index in [4.69, 9.17) is 5.73 Å². The first-order valence-electron chi connectivity index (χ1n) is 6.35. The molecule has 1 amide bonds. The second-order valence-electron chi connectivity index (χ2n) is 5.07. The smallest absolute Gasteiger partial charge is 0.254 e. The number of phenols is 1. The van der Waals surface area contributed by atoms with Gasteiger partial charge in [-0.3, -0.25) is 4.79 Å². The maximum absolute atomic E-state index is 12.5. The molecule has 2 rings (SSSR count). The van der Waals surface area contributed by atoms with Crippen LogP contribution in [-0.2, 0) is 0 Å². The zero-order valence-electron chi connectivity index (χ0n) is 10.9. The van der Waals surface area contributed by atoms with Crippen LogP contribution in [0.4, 0.5) is 0 Å². The number of aromatic hydroxyl groups is 1. The molecule has 1 heterocycles. The van der Waals surface area contributed by atoms with Crippen LogP contribution in [0.15, 0.2) is 18.2 Å². The number of benzene rings is 1. The maximum atomic E-state index is 12.5. The molecule has 0 aliphatic carbocycles. The van der Waals surface area contributed by atoms with Crippen LogP contribution in [0.2, 0.25) is 0 Å². The molecule has 4 heteroatoms. The third-order valence-corrected chi connectivity index (χ3v) is 3.83.